The second kappa shape index (κ2) is 11.0. The number of benzene rings is 1. The standard InChI is InChI=1S/C22H36N4O/c1-5-23-22(25-18(4)9-8-17(2)3)24-15-19-10-12-20(13-11-19)16-26-14-6-7-21(26)27/h10-13,17-18H,5-9,14-16H2,1-4H3,(H2,23,24,25). The van der Waals surface area contributed by atoms with Crippen LogP contribution in [0.1, 0.15) is 64.5 Å². The van der Waals surface area contributed by atoms with E-state index in [-0.39, 0.29) is 5.91 Å². The highest BCUT2D eigenvalue weighted by molar-refractivity contribution is 5.80. The van der Waals surface area contributed by atoms with Gasteiger partial charge in [0.05, 0.1) is 6.54 Å². The molecule has 1 unspecified atom stereocenters. The number of hydrogen-bond donors (Lipinski definition) is 2. The molecule has 0 saturated carbocycles. The first kappa shape index (κ1) is 21.3. The molecule has 1 atom stereocenters. The topological polar surface area (TPSA) is 56.7 Å². The highest BCUT2D eigenvalue weighted by Gasteiger charge is 2.19. The molecule has 0 bridgehead atoms. The third-order valence-electron chi connectivity index (χ3n) is 4.89. The fourth-order valence-electron chi connectivity index (χ4n) is 3.22. The fraction of sp³-hybridized carbons (Fsp3) is 0.636. The fourth-order valence-corrected chi connectivity index (χ4v) is 3.22. The summed E-state index contributed by atoms with van der Waals surface area (Å²) in [4.78, 5) is 18.4. The van der Waals surface area contributed by atoms with Gasteiger partial charge < -0.3 is 15.5 Å². The van der Waals surface area contributed by atoms with Crippen LogP contribution in [-0.2, 0) is 17.9 Å². The van der Waals surface area contributed by atoms with E-state index in [1.165, 1.54) is 17.5 Å². The highest BCUT2D eigenvalue weighted by Crippen LogP contribution is 2.15. The van der Waals surface area contributed by atoms with Crippen molar-refractivity contribution in [2.75, 3.05) is 13.1 Å². The maximum Gasteiger partial charge on any atom is 0.222 e. The Bertz CT molecular complexity index is 609. The molecule has 1 saturated heterocycles. The molecule has 150 valence electrons. The number of nitrogens with one attached hydrogen (secondary N) is 2. The molecule has 1 heterocycles. The van der Waals surface area contributed by atoms with Crippen LogP contribution < -0.4 is 10.6 Å². The van der Waals surface area contributed by atoms with Crippen molar-refractivity contribution in [3.05, 3.63) is 35.4 Å². The number of carbonyl (C=O) groups is 1. The molecular formula is C22H36N4O. The number of rotatable bonds is 9. The second-order valence-electron chi connectivity index (χ2n) is 7.95. The van der Waals surface area contributed by atoms with Crippen molar-refractivity contribution in [1.82, 2.24) is 15.5 Å². The smallest absolute Gasteiger partial charge is 0.222 e. The van der Waals surface area contributed by atoms with E-state index in [0.29, 0.717) is 19.0 Å². The summed E-state index contributed by atoms with van der Waals surface area (Å²) >= 11 is 0. The summed E-state index contributed by atoms with van der Waals surface area (Å²) in [5, 5.41) is 6.83. The van der Waals surface area contributed by atoms with Crippen LogP contribution in [0, 0.1) is 5.92 Å². The zero-order chi connectivity index (χ0) is 19.6. The molecule has 2 rings (SSSR count). The minimum Gasteiger partial charge on any atom is -0.357 e. The molecule has 1 aliphatic heterocycles. The van der Waals surface area contributed by atoms with Crippen LogP contribution in [0.5, 0.6) is 0 Å². The SMILES string of the molecule is CCNC(=NCc1ccc(CN2CCCC2=O)cc1)NC(C)CCC(C)C. The van der Waals surface area contributed by atoms with E-state index in [4.69, 9.17) is 4.99 Å². The van der Waals surface area contributed by atoms with Gasteiger partial charge >= 0.3 is 0 Å². The molecule has 0 aliphatic carbocycles. The Morgan fingerprint density at radius 2 is 1.85 bits per heavy atom. The van der Waals surface area contributed by atoms with Crippen molar-refractivity contribution in [3.63, 3.8) is 0 Å². The summed E-state index contributed by atoms with van der Waals surface area (Å²) in [6, 6.07) is 8.87. The van der Waals surface area contributed by atoms with E-state index in [2.05, 4.69) is 62.6 Å². The quantitative estimate of drug-likeness (QED) is 0.513. The van der Waals surface area contributed by atoms with Crippen LogP contribution in [0.4, 0.5) is 0 Å². The maximum atomic E-state index is 11.8. The lowest BCUT2D eigenvalue weighted by molar-refractivity contribution is -0.128. The van der Waals surface area contributed by atoms with Gasteiger partial charge in [0.25, 0.3) is 0 Å². The van der Waals surface area contributed by atoms with Crippen molar-refractivity contribution < 1.29 is 4.79 Å². The van der Waals surface area contributed by atoms with E-state index in [1.807, 2.05) is 4.90 Å². The molecule has 1 aliphatic rings. The Labute approximate surface area is 164 Å². The van der Waals surface area contributed by atoms with Crippen LogP contribution in [-0.4, -0.2) is 35.9 Å². The normalized spacial score (nSPS) is 16.1. The minimum absolute atomic E-state index is 0.275. The van der Waals surface area contributed by atoms with Gasteiger partial charge in [-0.1, -0.05) is 38.1 Å². The van der Waals surface area contributed by atoms with Crippen LogP contribution in [0.3, 0.4) is 0 Å². The average molecular weight is 373 g/mol. The minimum atomic E-state index is 0.275. The number of hydrogen-bond acceptors (Lipinski definition) is 2. The zero-order valence-corrected chi connectivity index (χ0v) is 17.4. The number of likely N-dealkylation sites (tertiary alicyclic amines) is 1. The third kappa shape index (κ3) is 7.61. The van der Waals surface area contributed by atoms with Gasteiger partial charge in [-0.3, -0.25) is 4.79 Å². The monoisotopic (exact) mass is 372 g/mol. The van der Waals surface area contributed by atoms with Crippen LogP contribution in [0.15, 0.2) is 29.3 Å². The lowest BCUT2D eigenvalue weighted by atomic mass is 10.0. The van der Waals surface area contributed by atoms with E-state index >= 15 is 0 Å². The largest absolute Gasteiger partial charge is 0.357 e. The summed E-state index contributed by atoms with van der Waals surface area (Å²) in [5.74, 6) is 1.88. The van der Waals surface area contributed by atoms with Gasteiger partial charge in [-0.2, -0.15) is 0 Å². The molecule has 27 heavy (non-hydrogen) atoms. The summed E-state index contributed by atoms with van der Waals surface area (Å²) < 4.78 is 0. The Kier molecular flexibility index (Phi) is 8.62. The predicted molar refractivity (Wildman–Crippen MR) is 113 cm³/mol. The van der Waals surface area contributed by atoms with Crippen LogP contribution in [0.2, 0.25) is 0 Å². The van der Waals surface area contributed by atoms with Crippen LogP contribution >= 0.6 is 0 Å². The van der Waals surface area contributed by atoms with Gasteiger partial charge in [0.2, 0.25) is 5.91 Å². The van der Waals surface area contributed by atoms with Crippen molar-refractivity contribution in [2.45, 2.75) is 72.5 Å². The molecule has 0 spiro atoms. The van der Waals surface area contributed by atoms with Gasteiger partial charge in [-0.25, -0.2) is 4.99 Å². The molecule has 0 radical (unpaired) electrons. The lowest BCUT2D eigenvalue weighted by Crippen LogP contribution is -2.42. The summed E-state index contributed by atoms with van der Waals surface area (Å²) in [6.45, 7) is 11.9. The summed E-state index contributed by atoms with van der Waals surface area (Å²) in [6.07, 6.45) is 4.05. The number of aliphatic imine (C=N–C) groups is 1. The first-order valence-electron chi connectivity index (χ1n) is 10.4. The van der Waals surface area contributed by atoms with Gasteiger partial charge in [-0.15, -0.1) is 0 Å². The summed E-state index contributed by atoms with van der Waals surface area (Å²) in [7, 11) is 0. The Morgan fingerprint density at radius 3 is 2.44 bits per heavy atom. The van der Waals surface area contributed by atoms with E-state index in [1.54, 1.807) is 0 Å². The van der Waals surface area contributed by atoms with Crippen LogP contribution in [0.25, 0.3) is 0 Å². The van der Waals surface area contributed by atoms with Crippen molar-refractivity contribution in [1.29, 1.82) is 0 Å². The molecule has 1 aromatic rings. The van der Waals surface area contributed by atoms with E-state index in [0.717, 1.165) is 44.4 Å². The number of guanidine groups is 1. The number of amides is 1. The number of nitrogens with zero attached hydrogens (tertiary/aromatic N) is 2. The summed E-state index contributed by atoms with van der Waals surface area (Å²) in [5.41, 5.74) is 2.36. The molecule has 2 N–H and O–H groups in total. The van der Waals surface area contributed by atoms with Gasteiger partial charge in [-0.05, 0) is 50.2 Å². The molecular weight excluding hydrogens is 336 g/mol. The Balaban J connectivity index is 1.87. The van der Waals surface area contributed by atoms with E-state index < -0.39 is 0 Å². The van der Waals surface area contributed by atoms with Gasteiger partial charge in [0.15, 0.2) is 5.96 Å². The molecule has 5 nitrogen and oxygen atoms in total. The molecule has 1 fully saturated rings. The molecule has 0 aromatic heterocycles. The zero-order valence-electron chi connectivity index (χ0n) is 17.4. The lowest BCUT2D eigenvalue weighted by Gasteiger charge is -2.18. The van der Waals surface area contributed by atoms with Gasteiger partial charge in [0, 0.05) is 32.1 Å². The average Bonchev–Trinajstić information content (AvgIpc) is 3.04. The molecule has 5 heteroatoms. The number of carbonyl (C=O) groups excluding carboxylic acids is 1. The maximum absolute atomic E-state index is 11.8. The van der Waals surface area contributed by atoms with Crippen molar-refractivity contribution in [2.24, 2.45) is 10.9 Å². The van der Waals surface area contributed by atoms with Crippen molar-refractivity contribution >= 4 is 11.9 Å². The predicted octanol–water partition coefficient (Wildman–Crippen LogP) is 3.69. The first-order chi connectivity index (χ1) is 13.0. The molecule has 1 amide bonds. The van der Waals surface area contributed by atoms with Gasteiger partial charge in [0.1, 0.15) is 0 Å². The highest BCUT2D eigenvalue weighted by atomic mass is 16.2. The Morgan fingerprint density at radius 1 is 1.15 bits per heavy atom. The van der Waals surface area contributed by atoms with Crippen molar-refractivity contribution in [3.8, 4) is 0 Å². The first-order valence-corrected chi connectivity index (χ1v) is 10.4. The van der Waals surface area contributed by atoms with E-state index in [9.17, 15) is 4.79 Å². The second-order valence-corrected chi connectivity index (χ2v) is 7.95. The third-order valence-corrected chi connectivity index (χ3v) is 4.89. The Hall–Kier alpha value is -2.04. The molecule has 1 aromatic carbocycles.